The molecular formula is C7H7NO2. The summed E-state index contributed by atoms with van der Waals surface area (Å²) in [6, 6.07) is 3.34. The fourth-order valence-electron chi connectivity index (χ4n) is 0.601. The number of ether oxygens (including phenoxy) is 1. The van der Waals surface area contributed by atoms with Gasteiger partial charge in [0.25, 0.3) is 0 Å². The van der Waals surface area contributed by atoms with Gasteiger partial charge in [0, 0.05) is 12.4 Å². The van der Waals surface area contributed by atoms with Gasteiger partial charge in [-0.05, 0) is 12.1 Å². The molecule has 0 radical (unpaired) electrons. The summed E-state index contributed by atoms with van der Waals surface area (Å²) in [5.74, 6) is -0.354. The zero-order valence-electron chi connectivity index (χ0n) is 5.57. The van der Waals surface area contributed by atoms with Gasteiger partial charge >= 0.3 is 5.97 Å². The van der Waals surface area contributed by atoms with Crippen LogP contribution in [0.4, 0.5) is 0 Å². The van der Waals surface area contributed by atoms with Crippen molar-refractivity contribution in [1.29, 1.82) is 0 Å². The summed E-state index contributed by atoms with van der Waals surface area (Å²) < 4.78 is 4.46. The van der Waals surface area contributed by atoms with Crippen LogP contribution < -0.4 is 0 Å². The molecule has 0 fully saturated rings. The largest absolute Gasteiger partial charge is 0.465 e. The first-order chi connectivity index (χ1) is 4.84. The normalized spacial score (nSPS) is 8.90. The van der Waals surface area contributed by atoms with E-state index in [9.17, 15) is 4.79 Å². The summed E-state index contributed by atoms with van der Waals surface area (Å²) in [6.45, 7) is 0. The third kappa shape index (κ3) is 1.31. The van der Waals surface area contributed by atoms with Crippen LogP contribution in [0.5, 0.6) is 0 Å². The molecule has 0 unspecified atom stereocenters. The lowest BCUT2D eigenvalue weighted by atomic mass is 10.3. The quantitative estimate of drug-likeness (QED) is 0.540. The Morgan fingerprint density at radius 1 is 1.70 bits per heavy atom. The summed E-state index contributed by atoms with van der Waals surface area (Å²) in [5.41, 5.74) is 0.477. The number of carbonyl (C=O) groups is 1. The zero-order chi connectivity index (χ0) is 7.40. The Morgan fingerprint density at radius 3 is 3.00 bits per heavy atom. The fourth-order valence-corrected chi connectivity index (χ4v) is 0.601. The zero-order valence-corrected chi connectivity index (χ0v) is 5.57. The maximum Gasteiger partial charge on any atom is 0.339 e. The Hall–Kier alpha value is -1.38. The SMILES string of the molecule is COC(=O)c1ccc[15n]c1. The number of hydrogen-bond donors (Lipinski definition) is 0. The highest BCUT2D eigenvalue weighted by molar-refractivity contribution is 5.88. The maximum atomic E-state index is 10.8. The van der Waals surface area contributed by atoms with Crippen LogP contribution in [0, 0.1) is 0 Å². The molecule has 52 valence electrons. The predicted octanol–water partition coefficient (Wildman–Crippen LogP) is 0.868. The van der Waals surface area contributed by atoms with Crippen LogP contribution in [-0.2, 0) is 4.74 Å². The van der Waals surface area contributed by atoms with Crippen LogP contribution in [0.3, 0.4) is 0 Å². The Morgan fingerprint density at radius 2 is 2.50 bits per heavy atom. The molecular weight excluding hydrogens is 131 g/mol. The average Bonchev–Trinajstić information content (AvgIpc) is 2.05. The van der Waals surface area contributed by atoms with E-state index in [0.29, 0.717) is 5.56 Å². The van der Waals surface area contributed by atoms with Crippen molar-refractivity contribution in [3.63, 3.8) is 0 Å². The molecule has 0 aliphatic carbocycles. The maximum absolute atomic E-state index is 10.8. The van der Waals surface area contributed by atoms with Gasteiger partial charge in [0.05, 0.1) is 12.7 Å². The van der Waals surface area contributed by atoms with Gasteiger partial charge in [0.1, 0.15) is 0 Å². The molecule has 3 nitrogen and oxygen atoms in total. The summed E-state index contributed by atoms with van der Waals surface area (Å²) in [7, 11) is 1.34. The van der Waals surface area contributed by atoms with Gasteiger partial charge in [-0.15, -0.1) is 0 Å². The van der Waals surface area contributed by atoms with E-state index in [1.165, 1.54) is 13.3 Å². The molecule has 3 heteroatoms. The van der Waals surface area contributed by atoms with E-state index in [1.54, 1.807) is 18.3 Å². The summed E-state index contributed by atoms with van der Waals surface area (Å²) >= 11 is 0. The molecule has 0 aromatic carbocycles. The van der Waals surface area contributed by atoms with Crippen LogP contribution in [-0.4, -0.2) is 18.1 Å². The molecule has 0 spiro atoms. The van der Waals surface area contributed by atoms with E-state index < -0.39 is 0 Å². The van der Waals surface area contributed by atoms with Gasteiger partial charge in [-0.2, -0.15) is 0 Å². The van der Waals surface area contributed by atoms with Gasteiger partial charge in [-0.1, -0.05) is 0 Å². The second kappa shape index (κ2) is 2.96. The molecule has 0 aliphatic heterocycles. The Kier molecular flexibility index (Phi) is 1.99. The number of pyridine rings is 1. The van der Waals surface area contributed by atoms with E-state index in [2.05, 4.69) is 9.72 Å². The molecule has 10 heavy (non-hydrogen) atoms. The van der Waals surface area contributed by atoms with Crippen LogP contribution in [0.1, 0.15) is 10.4 Å². The fraction of sp³-hybridized carbons (Fsp3) is 0.143. The van der Waals surface area contributed by atoms with Crippen molar-refractivity contribution in [3.8, 4) is 0 Å². The van der Waals surface area contributed by atoms with Crippen molar-refractivity contribution in [3.05, 3.63) is 30.1 Å². The predicted molar refractivity (Wildman–Crippen MR) is 35.6 cm³/mol. The Labute approximate surface area is 58.7 Å². The van der Waals surface area contributed by atoms with Gasteiger partial charge in [-0.25, -0.2) is 4.79 Å². The molecule has 1 aromatic rings. The number of methoxy groups -OCH3 is 1. The molecule has 0 N–H and O–H groups in total. The molecule has 1 aromatic heterocycles. The van der Waals surface area contributed by atoms with E-state index in [-0.39, 0.29) is 5.97 Å². The van der Waals surface area contributed by atoms with Gasteiger partial charge < -0.3 is 4.74 Å². The van der Waals surface area contributed by atoms with Crippen LogP contribution in [0.2, 0.25) is 0 Å². The first-order valence-electron chi connectivity index (χ1n) is 2.83. The Bertz CT molecular complexity index is 220. The highest BCUT2D eigenvalue weighted by Crippen LogP contribution is 1.96. The third-order valence-electron chi connectivity index (χ3n) is 1.08. The van der Waals surface area contributed by atoms with E-state index >= 15 is 0 Å². The van der Waals surface area contributed by atoms with Gasteiger partial charge in [-0.3, -0.25) is 4.98 Å². The third-order valence-corrected chi connectivity index (χ3v) is 1.08. The van der Waals surface area contributed by atoms with E-state index in [1.807, 2.05) is 0 Å². The van der Waals surface area contributed by atoms with Crippen LogP contribution in [0.25, 0.3) is 0 Å². The van der Waals surface area contributed by atoms with Gasteiger partial charge in [0.2, 0.25) is 0 Å². The molecule has 1 heterocycles. The van der Waals surface area contributed by atoms with Crippen molar-refractivity contribution in [2.24, 2.45) is 0 Å². The number of rotatable bonds is 1. The Balaban J connectivity index is 2.85. The molecule has 0 saturated heterocycles. The van der Waals surface area contributed by atoms with Crippen molar-refractivity contribution in [2.45, 2.75) is 0 Å². The van der Waals surface area contributed by atoms with E-state index in [4.69, 9.17) is 0 Å². The molecule has 1 rings (SSSR count). The smallest absolute Gasteiger partial charge is 0.339 e. The van der Waals surface area contributed by atoms with Gasteiger partial charge in [0.15, 0.2) is 0 Å². The number of hydrogen-bond acceptors (Lipinski definition) is 3. The molecule has 0 saturated carbocycles. The first-order valence-corrected chi connectivity index (χ1v) is 2.83. The molecule has 0 amide bonds. The highest BCUT2D eigenvalue weighted by atomic mass is 16.5. The average molecular weight is 138 g/mol. The number of carbonyl (C=O) groups excluding carboxylic acids is 1. The number of nitrogens with zero attached hydrogens (tertiary/aromatic N) is 1. The van der Waals surface area contributed by atoms with Crippen molar-refractivity contribution < 1.29 is 9.53 Å². The summed E-state index contributed by atoms with van der Waals surface area (Å²) in [6.07, 6.45) is 3.07. The van der Waals surface area contributed by atoms with Crippen molar-refractivity contribution in [1.82, 2.24) is 4.98 Å². The summed E-state index contributed by atoms with van der Waals surface area (Å²) in [4.78, 5) is 14.5. The lowest BCUT2D eigenvalue weighted by molar-refractivity contribution is 0.0600. The minimum atomic E-state index is -0.354. The second-order valence-electron chi connectivity index (χ2n) is 1.73. The standard InChI is InChI=1S/C7H7NO2/c1-10-7(9)6-3-2-4-8-5-6/h2-5H,1H3/i8+1. The summed E-state index contributed by atoms with van der Waals surface area (Å²) in [5, 5.41) is 0. The number of esters is 1. The van der Waals surface area contributed by atoms with Crippen molar-refractivity contribution in [2.75, 3.05) is 7.11 Å². The van der Waals surface area contributed by atoms with Crippen molar-refractivity contribution >= 4 is 5.97 Å². The topological polar surface area (TPSA) is 39.2 Å². The monoisotopic (exact) mass is 138 g/mol. The molecule has 0 atom stereocenters. The van der Waals surface area contributed by atoms with Crippen LogP contribution >= 0.6 is 0 Å². The minimum absolute atomic E-state index is 0.354. The van der Waals surface area contributed by atoms with E-state index in [0.717, 1.165) is 0 Å². The number of aromatic nitrogens is 1. The molecule has 0 aliphatic rings. The second-order valence-corrected chi connectivity index (χ2v) is 1.73. The van der Waals surface area contributed by atoms with Crippen LogP contribution in [0.15, 0.2) is 24.5 Å². The first kappa shape index (κ1) is 6.74. The lowest BCUT2D eigenvalue weighted by Crippen LogP contribution is -2.00. The lowest BCUT2D eigenvalue weighted by Gasteiger charge is -1.94. The highest BCUT2D eigenvalue weighted by Gasteiger charge is 2.01. The minimum Gasteiger partial charge on any atom is -0.465 e. The molecule has 0 bridgehead atoms.